The molecule has 0 bridgehead atoms. The summed E-state index contributed by atoms with van der Waals surface area (Å²) in [5.74, 6) is -1.35. The lowest BCUT2D eigenvalue weighted by Gasteiger charge is -2.41. The molecule has 1 amide bonds. The molecule has 96 valence electrons. The first-order chi connectivity index (χ1) is 8.54. The summed E-state index contributed by atoms with van der Waals surface area (Å²) in [6, 6.07) is 9.33. The van der Waals surface area contributed by atoms with E-state index in [1.165, 1.54) is 11.8 Å². The van der Waals surface area contributed by atoms with E-state index >= 15 is 0 Å². The van der Waals surface area contributed by atoms with Crippen molar-refractivity contribution in [3.8, 4) is 0 Å². The highest BCUT2D eigenvalue weighted by Crippen LogP contribution is 2.23. The van der Waals surface area contributed by atoms with Gasteiger partial charge in [0.2, 0.25) is 5.91 Å². The first-order valence-corrected chi connectivity index (χ1v) is 5.69. The molecule has 0 aliphatic carbocycles. The van der Waals surface area contributed by atoms with Gasteiger partial charge in [-0.05, 0) is 12.5 Å². The summed E-state index contributed by atoms with van der Waals surface area (Å²) in [6.07, 6.45) is 0. The van der Waals surface area contributed by atoms with E-state index in [2.05, 4.69) is 0 Å². The predicted octanol–water partition coefficient (Wildman–Crippen LogP) is 0.889. The first kappa shape index (κ1) is 12.6. The smallest absolute Gasteiger partial charge is 0.331 e. The largest absolute Gasteiger partial charge is 0.479 e. The number of carboxylic acid groups (broad SMARTS) is 1. The molecule has 1 N–H and O–H groups in total. The zero-order valence-electron chi connectivity index (χ0n) is 10.1. The maximum absolute atomic E-state index is 11.9. The van der Waals surface area contributed by atoms with Gasteiger partial charge in [-0.25, -0.2) is 4.79 Å². The van der Waals surface area contributed by atoms with Crippen molar-refractivity contribution in [2.75, 3.05) is 13.2 Å². The second-order valence-electron chi connectivity index (χ2n) is 4.54. The van der Waals surface area contributed by atoms with E-state index in [9.17, 15) is 14.7 Å². The molecule has 1 aromatic carbocycles. The van der Waals surface area contributed by atoms with Gasteiger partial charge in [0.15, 0.2) is 5.54 Å². The van der Waals surface area contributed by atoms with Gasteiger partial charge in [-0.3, -0.25) is 4.79 Å². The zero-order chi connectivity index (χ0) is 13.2. The molecule has 1 aromatic rings. The summed E-state index contributed by atoms with van der Waals surface area (Å²) in [5, 5.41) is 9.29. The van der Waals surface area contributed by atoms with Crippen LogP contribution in [0.25, 0.3) is 0 Å². The Bertz CT molecular complexity index is 459. The Balaban J connectivity index is 2.26. The number of aliphatic carboxylic acids is 1. The van der Waals surface area contributed by atoms with Crippen molar-refractivity contribution < 1.29 is 19.4 Å². The topological polar surface area (TPSA) is 66.8 Å². The third-order valence-electron chi connectivity index (χ3n) is 3.15. The second-order valence-corrected chi connectivity index (χ2v) is 4.54. The molecule has 2 rings (SSSR count). The summed E-state index contributed by atoms with van der Waals surface area (Å²) in [4.78, 5) is 24.6. The van der Waals surface area contributed by atoms with E-state index in [0.717, 1.165) is 5.56 Å². The number of hydrogen-bond acceptors (Lipinski definition) is 3. The van der Waals surface area contributed by atoms with E-state index in [1.54, 1.807) is 0 Å². The Morgan fingerprint density at radius 3 is 2.72 bits per heavy atom. The molecule has 18 heavy (non-hydrogen) atoms. The van der Waals surface area contributed by atoms with Crippen LogP contribution in [0, 0.1) is 0 Å². The molecule has 1 fully saturated rings. The van der Waals surface area contributed by atoms with Gasteiger partial charge < -0.3 is 14.7 Å². The molecular weight excluding hydrogens is 234 g/mol. The zero-order valence-corrected chi connectivity index (χ0v) is 10.1. The minimum absolute atomic E-state index is 0.0148. The second kappa shape index (κ2) is 4.78. The fourth-order valence-corrected chi connectivity index (χ4v) is 1.97. The Morgan fingerprint density at radius 1 is 1.44 bits per heavy atom. The van der Waals surface area contributed by atoms with Gasteiger partial charge in [0.05, 0.1) is 6.61 Å². The lowest BCUT2D eigenvalue weighted by molar-refractivity contribution is -0.175. The third kappa shape index (κ3) is 2.22. The van der Waals surface area contributed by atoms with Gasteiger partial charge in [-0.2, -0.15) is 0 Å². The molecule has 1 atom stereocenters. The first-order valence-electron chi connectivity index (χ1n) is 5.69. The lowest BCUT2D eigenvalue weighted by Crippen LogP contribution is -2.61. The molecule has 1 aliphatic heterocycles. The number of hydrogen-bond donors (Lipinski definition) is 1. The summed E-state index contributed by atoms with van der Waals surface area (Å²) in [6.45, 7) is 1.75. The van der Waals surface area contributed by atoms with Crippen molar-refractivity contribution in [1.29, 1.82) is 0 Å². The predicted molar refractivity (Wildman–Crippen MR) is 63.9 cm³/mol. The third-order valence-corrected chi connectivity index (χ3v) is 3.15. The Hall–Kier alpha value is -1.88. The van der Waals surface area contributed by atoms with Crippen LogP contribution >= 0.6 is 0 Å². The Labute approximate surface area is 105 Å². The van der Waals surface area contributed by atoms with Gasteiger partial charge in [-0.15, -0.1) is 0 Å². The average Bonchev–Trinajstić information content (AvgIpc) is 2.35. The SMILES string of the molecule is CC1(C(=O)O)COCC(=O)N1Cc1ccccc1. The van der Waals surface area contributed by atoms with Crippen LogP contribution in [0.3, 0.4) is 0 Å². The lowest BCUT2D eigenvalue weighted by atomic mass is 9.98. The van der Waals surface area contributed by atoms with Crippen LogP contribution in [0.15, 0.2) is 30.3 Å². The highest BCUT2D eigenvalue weighted by atomic mass is 16.5. The number of morpholine rings is 1. The van der Waals surface area contributed by atoms with Gasteiger partial charge in [0.1, 0.15) is 6.61 Å². The molecule has 1 unspecified atom stereocenters. The van der Waals surface area contributed by atoms with Gasteiger partial charge in [-0.1, -0.05) is 30.3 Å². The standard InChI is InChI=1S/C13H15NO4/c1-13(12(16)17)9-18-8-11(15)14(13)7-10-5-3-2-4-6-10/h2-6H,7-9H2,1H3,(H,16,17). The summed E-state index contributed by atoms with van der Waals surface area (Å²) in [5.41, 5.74) is -0.397. The molecule has 0 radical (unpaired) electrons. The number of carbonyl (C=O) groups is 2. The molecule has 0 saturated carbocycles. The number of nitrogens with zero attached hydrogens (tertiary/aromatic N) is 1. The van der Waals surface area contributed by atoms with Gasteiger partial charge in [0, 0.05) is 6.54 Å². The van der Waals surface area contributed by atoms with Crippen molar-refractivity contribution >= 4 is 11.9 Å². The van der Waals surface area contributed by atoms with Crippen molar-refractivity contribution in [2.45, 2.75) is 19.0 Å². The van der Waals surface area contributed by atoms with Crippen molar-refractivity contribution in [2.24, 2.45) is 0 Å². The molecule has 0 spiro atoms. The van der Waals surface area contributed by atoms with Gasteiger partial charge >= 0.3 is 5.97 Å². The molecule has 5 nitrogen and oxygen atoms in total. The fraction of sp³-hybridized carbons (Fsp3) is 0.385. The maximum atomic E-state index is 11.9. The minimum atomic E-state index is -1.30. The van der Waals surface area contributed by atoms with E-state index in [1.807, 2.05) is 30.3 Å². The number of amides is 1. The molecule has 1 heterocycles. The van der Waals surface area contributed by atoms with Crippen LogP contribution in [0.4, 0.5) is 0 Å². The highest BCUT2D eigenvalue weighted by Gasteiger charge is 2.45. The monoisotopic (exact) mass is 249 g/mol. The summed E-state index contributed by atoms with van der Waals surface area (Å²) in [7, 11) is 0. The molecular formula is C13H15NO4. The van der Waals surface area contributed by atoms with Gasteiger partial charge in [0.25, 0.3) is 0 Å². The van der Waals surface area contributed by atoms with Crippen molar-refractivity contribution in [3.05, 3.63) is 35.9 Å². The van der Waals surface area contributed by atoms with Crippen LogP contribution in [-0.4, -0.2) is 40.6 Å². The van der Waals surface area contributed by atoms with Crippen molar-refractivity contribution in [1.82, 2.24) is 4.90 Å². The van der Waals surface area contributed by atoms with Crippen LogP contribution < -0.4 is 0 Å². The molecule has 1 saturated heterocycles. The fourth-order valence-electron chi connectivity index (χ4n) is 1.97. The van der Waals surface area contributed by atoms with E-state index < -0.39 is 11.5 Å². The minimum Gasteiger partial charge on any atom is -0.479 e. The van der Waals surface area contributed by atoms with Crippen molar-refractivity contribution in [3.63, 3.8) is 0 Å². The number of carboxylic acids is 1. The normalized spacial score (nSPS) is 24.1. The molecule has 0 aromatic heterocycles. The quantitative estimate of drug-likeness (QED) is 0.863. The molecule has 5 heteroatoms. The van der Waals surface area contributed by atoms with Crippen LogP contribution in [-0.2, 0) is 20.9 Å². The molecule has 1 aliphatic rings. The average molecular weight is 249 g/mol. The van der Waals surface area contributed by atoms with E-state index in [0.29, 0.717) is 0 Å². The van der Waals surface area contributed by atoms with Crippen LogP contribution in [0.5, 0.6) is 0 Å². The number of ether oxygens (including phenoxy) is 1. The van der Waals surface area contributed by atoms with Crippen LogP contribution in [0.1, 0.15) is 12.5 Å². The van der Waals surface area contributed by atoms with E-state index in [-0.39, 0.29) is 25.7 Å². The number of rotatable bonds is 3. The summed E-state index contributed by atoms with van der Waals surface area (Å²) < 4.78 is 5.05. The summed E-state index contributed by atoms with van der Waals surface area (Å²) >= 11 is 0. The highest BCUT2D eigenvalue weighted by molar-refractivity contribution is 5.88. The Morgan fingerprint density at radius 2 is 2.11 bits per heavy atom. The number of carbonyl (C=O) groups excluding carboxylic acids is 1. The Kier molecular flexibility index (Phi) is 3.34. The number of benzene rings is 1. The maximum Gasteiger partial charge on any atom is 0.331 e. The van der Waals surface area contributed by atoms with Crippen LogP contribution in [0.2, 0.25) is 0 Å². The van der Waals surface area contributed by atoms with E-state index in [4.69, 9.17) is 4.74 Å².